The summed E-state index contributed by atoms with van der Waals surface area (Å²) in [4.78, 5) is 12.1. The van der Waals surface area contributed by atoms with Crippen LogP contribution in [0.2, 0.25) is 0 Å². The molecule has 0 bridgehead atoms. The van der Waals surface area contributed by atoms with Gasteiger partial charge in [-0.15, -0.1) is 0 Å². The fourth-order valence-electron chi connectivity index (χ4n) is 2.33. The van der Waals surface area contributed by atoms with E-state index in [-0.39, 0.29) is 19.0 Å². The van der Waals surface area contributed by atoms with Gasteiger partial charge in [0.1, 0.15) is 5.75 Å². The molecule has 0 aliphatic heterocycles. The first-order valence-electron chi connectivity index (χ1n) is 7.78. The summed E-state index contributed by atoms with van der Waals surface area (Å²) in [6.07, 6.45) is 1.13. The van der Waals surface area contributed by atoms with Gasteiger partial charge in [0.15, 0.2) is 0 Å². The van der Waals surface area contributed by atoms with Gasteiger partial charge in [-0.25, -0.2) is 8.42 Å². The van der Waals surface area contributed by atoms with Crippen LogP contribution in [0.3, 0.4) is 0 Å². The third-order valence-corrected chi connectivity index (χ3v) is 4.85. The van der Waals surface area contributed by atoms with E-state index in [9.17, 15) is 13.2 Å². The Balaban J connectivity index is 2.06. The number of hydrogen-bond donors (Lipinski definition) is 1. The average molecular weight is 362 g/mol. The van der Waals surface area contributed by atoms with Crippen molar-refractivity contribution in [1.82, 2.24) is 5.32 Å². The first-order chi connectivity index (χ1) is 11.8. The summed E-state index contributed by atoms with van der Waals surface area (Å²) in [5, 5.41) is 2.74. The van der Waals surface area contributed by atoms with Crippen molar-refractivity contribution in [3.05, 3.63) is 59.7 Å². The lowest BCUT2D eigenvalue weighted by molar-refractivity contribution is 0.0955. The molecule has 0 saturated carbocycles. The fraction of sp³-hybridized carbons (Fsp3) is 0.278. The maximum absolute atomic E-state index is 12.1. The maximum Gasteiger partial charge on any atom is 0.251 e. The molecule has 0 aliphatic carbocycles. The summed E-state index contributed by atoms with van der Waals surface area (Å²) in [6, 6.07) is 14.0. The molecule has 2 aromatic carbocycles. The Morgan fingerprint density at radius 3 is 2.44 bits per heavy atom. The second-order valence-electron chi connectivity index (χ2n) is 5.66. The van der Waals surface area contributed by atoms with Crippen LogP contribution in [-0.4, -0.2) is 40.8 Å². The number of rotatable bonds is 7. The molecule has 1 N–H and O–H groups in total. The van der Waals surface area contributed by atoms with Crippen molar-refractivity contribution in [2.24, 2.45) is 0 Å². The monoisotopic (exact) mass is 362 g/mol. The van der Waals surface area contributed by atoms with Crippen molar-refractivity contribution in [1.29, 1.82) is 0 Å². The van der Waals surface area contributed by atoms with Gasteiger partial charge < -0.3 is 10.1 Å². The second-order valence-corrected chi connectivity index (χ2v) is 7.57. The van der Waals surface area contributed by atoms with E-state index < -0.39 is 10.0 Å². The largest absolute Gasteiger partial charge is 0.497 e. The van der Waals surface area contributed by atoms with Crippen LogP contribution < -0.4 is 14.4 Å². The Bertz CT molecular complexity index is 832. The first-order valence-corrected chi connectivity index (χ1v) is 9.63. The molecule has 25 heavy (non-hydrogen) atoms. The Labute approximate surface area is 148 Å². The highest BCUT2D eigenvalue weighted by molar-refractivity contribution is 7.92. The quantitative estimate of drug-likeness (QED) is 0.819. The normalized spacial score (nSPS) is 11.0. The van der Waals surface area contributed by atoms with E-state index in [2.05, 4.69) is 5.32 Å². The van der Waals surface area contributed by atoms with Gasteiger partial charge in [-0.2, -0.15) is 0 Å². The third-order valence-electron chi connectivity index (χ3n) is 3.66. The zero-order valence-corrected chi connectivity index (χ0v) is 15.3. The molecule has 2 aromatic rings. The molecular formula is C18H22N2O4S. The molecule has 0 fully saturated rings. The second kappa shape index (κ2) is 8.02. The van der Waals surface area contributed by atoms with Crippen LogP contribution in [0.25, 0.3) is 0 Å². The fourth-order valence-corrected chi connectivity index (χ4v) is 3.25. The van der Waals surface area contributed by atoms with Crippen LogP contribution in [0.1, 0.15) is 15.9 Å². The molecular weight excluding hydrogens is 340 g/mol. The average Bonchev–Trinajstić information content (AvgIpc) is 2.58. The molecule has 0 aliphatic rings. The van der Waals surface area contributed by atoms with E-state index in [0.29, 0.717) is 17.0 Å². The smallest absolute Gasteiger partial charge is 0.251 e. The minimum atomic E-state index is -3.48. The van der Waals surface area contributed by atoms with E-state index in [1.165, 1.54) is 11.4 Å². The van der Waals surface area contributed by atoms with Crippen molar-refractivity contribution in [3.63, 3.8) is 0 Å². The minimum absolute atomic E-state index is 0.129. The zero-order chi connectivity index (χ0) is 18.4. The highest BCUT2D eigenvalue weighted by Gasteiger charge is 2.18. The van der Waals surface area contributed by atoms with Crippen LogP contribution in [0.5, 0.6) is 5.75 Å². The highest BCUT2D eigenvalue weighted by atomic mass is 32.2. The van der Waals surface area contributed by atoms with Crippen LogP contribution in [0.4, 0.5) is 5.69 Å². The van der Waals surface area contributed by atoms with Crippen LogP contribution >= 0.6 is 0 Å². The summed E-state index contributed by atoms with van der Waals surface area (Å²) < 4.78 is 30.6. The molecule has 0 saturated heterocycles. The predicted molar refractivity (Wildman–Crippen MR) is 98.7 cm³/mol. The molecule has 0 spiro atoms. The van der Waals surface area contributed by atoms with Gasteiger partial charge in [-0.3, -0.25) is 9.10 Å². The lowest BCUT2D eigenvalue weighted by Gasteiger charge is -2.23. The topological polar surface area (TPSA) is 75.7 Å². The zero-order valence-electron chi connectivity index (χ0n) is 14.5. The van der Waals surface area contributed by atoms with E-state index in [1.54, 1.807) is 36.4 Å². The molecule has 2 rings (SSSR count). The number of carbonyl (C=O) groups is 1. The van der Waals surface area contributed by atoms with Gasteiger partial charge in [0.25, 0.3) is 5.91 Å². The Kier molecular flexibility index (Phi) is 6.03. The van der Waals surface area contributed by atoms with E-state index in [4.69, 9.17) is 4.74 Å². The standard InChI is InChI=1S/C18H22N2O4S/c1-14-7-9-15(10-8-14)18(21)19-11-12-20(25(3,22)23)16-5-4-6-17(13-16)24-2/h4-10,13H,11-12H2,1-3H3,(H,19,21). The van der Waals surface area contributed by atoms with E-state index in [1.807, 2.05) is 19.1 Å². The lowest BCUT2D eigenvalue weighted by atomic mass is 10.1. The highest BCUT2D eigenvalue weighted by Crippen LogP contribution is 2.22. The number of methoxy groups -OCH3 is 1. The Morgan fingerprint density at radius 1 is 1.16 bits per heavy atom. The summed E-state index contributed by atoms with van der Waals surface area (Å²) in [5.41, 5.74) is 2.10. The van der Waals surface area contributed by atoms with Gasteiger partial charge in [0.05, 0.1) is 25.6 Å². The van der Waals surface area contributed by atoms with Crippen molar-refractivity contribution in [2.75, 3.05) is 30.8 Å². The SMILES string of the molecule is COc1cccc(N(CCNC(=O)c2ccc(C)cc2)S(C)(=O)=O)c1. The maximum atomic E-state index is 12.1. The van der Waals surface area contributed by atoms with Gasteiger partial charge in [0.2, 0.25) is 10.0 Å². The molecule has 6 nitrogen and oxygen atoms in total. The molecule has 134 valence electrons. The van der Waals surface area contributed by atoms with Crippen LogP contribution in [0, 0.1) is 6.92 Å². The first kappa shape index (κ1) is 18.8. The van der Waals surface area contributed by atoms with Gasteiger partial charge in [-0.1, -0.05) is 23.8 Å². The minimum Gasteiger partial charge on any atom is -0.497 e. The van der Waals surface area contributed by atoms with Gasteiger partial charge in [0, 0.05) is 18.2 Å². The number of benzene rings is 2. The molecule has 0 heterocycles. The number of amides is 1. The van der Waals surface area contributed by atoms with Crippen LogP contribution in [0.15, 0.2) is 48.5 Å². The van der Waals surface area contributed by atoms with E-state index >= 15 is 0 Å². The van der Waals surface area contributed by atoms with Crippen LogP contribution in [-0.2, 0) is 10.0 Å². The summed E-state index contributed by atoms with van der Waals surface area (Å²) in [6.45, 7) is 2.26. The van der Waals surface area contributed by atoms with Crippen molar-refractivity contribution in [2.45, 2.75) is 6.92 Å². The van der Waals surface area contributed by atoms with Crippen molar-refractivity contribution in [3.8, 4) is 5.75 Å². The number of hydrogen-bond acceptors (Lipinski definition) is 4. The molecule has 0 atom stereocenters. The number of nitrogens with zero attached hydrogens (tertiary/aromatic N) is 1. The Morgan fingerprint density at radius 2 is 1.84 bits per heavy atom. The summed E-state index contributed by atoms with van der Waals surface area (Å²) >= 11 is 0. The number of aryl methyl sites for hydroxylation is 1. The molecule has 0 aromatic heterocycles. The lowest BCUT2D eigenvalue weighted by Crippen LogP contribution is -2.38. The molecule has 0 radical (unpaired) electrons. The van der Waals surface area contributed by atoms with Crippen molar-refractivity contribution < 1.29 is 17.9 Å². The number of carbonyl (C=O) groups excluding carboxylic acids is 1. The number of ether oxygens (including phenoxy) is 1. The molecule has 7 heteroatoms. The van der Waals surface area contributed by atoms with Crippen molar-refractivity contribution >= 4 is 21.6 Å². The molecule has 1 amide bonds. The number of anilines is 1. The Hall–Kier alpha value is -2.54. The number of nitrogens with one attached hydrogen (secondary N) is 1. The van der Waals surface area contributed by atoms with E-state index in [0.717, 1.165) is 11.8 Å². The summed E-state index contributed by atoms with van der Waals surface area (Å²) in [7, 11) is -1.97. The number of sulfonamides is 1. The third kappa shape index (κ3) is 5.22. The summed E-state index contributed by atoms with van der Waals surface area (Å²) in [5.74, 6) is 0.328. The van der Waals surface area contributed by atoms with Gasteiger partial charge in [-0.05, 0) is 31.2 Å². The van der Waals surface area contributed by atoms with Gasteiger partial charge >= 0.3 is 0 Å². The predicted octanol–water partition coefficient (Wildman–Crippen LogP) is 2.20. The molecule has 0 unspecified atom stereocenters.